The lowest BCUT2D eigenvalue weighted by molar-refractivity contribution is -0.293. The van der Waals surface area contributed by atoms with Gasteiger partial charge in [-0.3, -0.25) is 9.59 Å². The van der Waals surface area contributed by atoms with Gasteiger partial charge in [-0.25, -0.2) is 19.3 Å². The molecule has 12 heteroatoms. The van der Waals surface area contributed by atoms with E-state index in [0.29, 0.717) is 41.1 Å². The van der Waals surface area contributed by atoms with Gasteiger partial charge >= 0.3 is 11.8 Å². The first-order valence-corrected chi connectivity index (χ1v) is 11.9. The molecule has 1 saturated heterocycles. The molecule has 0 spiro atoms. The summed E-state index contributed by atoms with van der Waals surface area (Å²) in [6.45, 7) is 1.63. The molecule has 1 aliphatic heterocycles. The van der Waals surface area contributed by atoms with E-state index in [9.17, 15) is 14.0 Å². The van der Waals surface area contributed by atoms with Crippen molar-refractivity contribution in [2.75, 3.05) is 32.2 Å². The van der Waals surface area contributed by atoms with Crippen LogP contribution < -0.4 is 11.1 Å². The van der Waals surface area contributed by atoms with E-state index in [0.717, 1.165) is 12.8 Å². The van der Waals surface area contributed by atoms with Gasteiger partial charge in [0.1, 0.15) is 11.2 Å². The molecular weight excluding hydrogens is 483 g/mol. The number of rotatable bonds is 8. The molecule has 194 valence electrons. The minimum absolute atomic E-state index is 0.0349. The molecule has 5 rings (SSSR count). The Bertz CT molecular complexity index is 1320. The van der Waals surface area contributed by atoms with Crippen LogP contribution in [0, 0.1) is 17.2 Å². The lowest BCUT2D eigenvalue weighted by Gasteiger charge is -2.40. The van der Waals surface area contributed by atoms with Gasteiger partial charge in [-0.2, -0.15) is 0 Å². The fourth-order valence-electron chi connectivity index (χ4n) is 3.92. The number of nitrogens with two attached hydrogens (primary N) is 1. The maximum absolute atomic E-state index is 13.6. The van der Waals surface area contributed by atoms with Gasteiger partial charge in [-0.1, -0.05) is 0 Å². The number of hydrogen-bond donors (Lipinski definition) is 3. The minimum Gasteiger partial charge on any atom is -0.465 e. The molecule has 2 aromatic heterocycles. The monoisotopic (exact) mass is 510 g/mol. The number of carbonyl (C=O) groups is 2. The molecule has 11 nitrogen and oxygen atoms in total. The maximum atomic E-state index is 13.6. The number of ether oxygens (including phenoxy) is 3. The molecule has 1 amide bonds. The van der Waals surface area contributed by atoms with Crippen molar-refractivity contribution < 1.29 is 28.2 Å². The Morgan fingerprint density at radius 2 is 1.89 bits per heavy atom. The van der Waals surface area contributed by atoms with Crippen LogP contribution in [-0.2, 0) is 29.6 Å². The van der Waals surface area contributed by atoms with Crippen LogP contribution in [0.25, 0.3) is 22.6 Å². The molecule has 4 N–H and O–H groups in total. The van der Waals surface area contributed by atoms with E-state index in [4.69, 9.17) is 19.9 Å². The summed E-state index contributed by atoms with van der Waals surface area (Å²) in [5.41, 5.74) is 6.39. The summed E-state index contributed by atoms with van der Waals surface area (Å²) in [6, 6.07) is 7.33. The second-order valence-electron chi connectivity index (χ2n) is 9.49. The van der Waals surface area contributed by atoms with E-state index < -0.39 is 28.9 Å². The molecular formula is C25H27FN6O5. The number of anilines is 1. The van der Waals surface area contributed by atoms with Crippen LogP contribution in [0.15, 0.2) is 36.5 Å². The number of amides is 1. The molecule has 1 aliphatic carbocycles. The number of halogens is 1. The Hall–Kier alpha value is -3.90. The quantitative estimate of drug-likeness (QED) is 0.387. The molecule has 2 aliphatic rings. The average molecular weight is 511 g/mol. The van der Waals surface area contributed by atoms with Crippen LogP contribution in [-0.4, -0.2) is 58.7 Å². The van der Waals surface area contributed by atoms with Gasteiger partial charge in [0, 0.05) is 18.8 Å². The van der Waals surface area contributed by atoms with E-state index in [1.807, 2.05) is 0 Å². The number of imidazole rings is 1. The van der Waals surface area contributed by atoms with Crippen LogP contribution in [0.2, 0.25) is 0 Å². The zero-order valence-electron chi connectivity index (χ0n) is 20.4. The highest BCUT2D eigenvalue weighted by atomic mass is 19.1. The van der Waals surface area contributed by atoms with Crippen molar-refractivity contribution >= 4 is 17.8 Å². The largest absolute Gasteiger partial charge is 0.465 e. The third kappa shape index (κ3) is 4.77. The summed E-state index contributed by atoms with van der Waals surface area (Å²) in [7, 11) is 1.68. The van der Waals surface area contributed by atoms with E-state index >= 15 is 0 Å². The van der Waals surface area contributed by atoms with Crippen molar-refractivity contribution in [1.82, 2.24) is 19.9 Å². The van der Waals surface area contributed by atoms with Gasteiger partial charge in [0.2, 0.25) is 5.95 Å². The molecule has 2 fully saturated rings. The van der Waals surface area contributed by atoms with Gasteiger partial charge in [-0.15, -0.1) is 0 Å². The summed E-state index contributed by atoms with van der Waals surface area (Å²) in [5, 5.41) is 2.87. The average Bonchev–Trinajstić information content (AvgIpc) is 3.64. The third-order valence-electron chi connectivity index (χ3n) is 6.42. The third-order valence-corrected chi connectivity index (χ3v) is 6.42. The summed E-state index contributed by atoms with van der Waals surface area (Å²) >= 11 is 0. The second-order valence-corrected chi connectivity index (χ2v) is 9.49. The number of nitrogens with zero attached hydrogens (tertiary/aromatic N) is 3. The number of aromatic amines is 1. The van der Waals surface area contributed by atoms with Gasteiger partial charge < -0.3 is 30.2 Å². The smallest absolute Gasteiger partial charge is 0.316 e. The Labute approximate surface area is 212 Å². The van der Waals surface area contributed by atoms with Gasteiger partial charge in [0.25, 0.3) is 5.91 Å². The maximum Gasteiger partial charge on any atom is 0.316 e. The molecule has 1 aromatic carbocycles. The molecule has 0 unspecified atom stereocenters. The van der Waals surface area contributed by atoms with Gasteiger partial charge in [0.05, 0.1) is 36.9 Å². The summed E-state index contributed by atoms with van der Waals surface area (Å²) < 4.78 is 30.8. The number of hydrogen-bond acceptors (Lipinski definition) is 9. The molecule has 3 heterocycles. The first-order valence-electron chi connectivity index (χ1n) is 11.9. The predicted octanol–water partition coefficient (Wildman–Crippen LogP) is 2.36. The highest BCUT2D eigenvalue weighted by molar-refractivity contribution is 5.85. The van der Waals surface area contributed by atoms with Crippen LogP contribution in [0.1, 0.15) is 25.6 Å². The van der Waals surface area contributed by atoms with E-state index in [2.05, 4.69) is 25.3 Å². The molecule has 0 atom stereocenters. The predicted molar refractivity (Wildman–Crippen MR) is 129 cm³/mol. The Balaban J connectivity index is 1.51. The zero-order chi connectivity index (χ0) is 26.2. The second kappa shape index (κ2) is 9.52. The minimum atomic E-state index is -2.10. The first-order chi connectivity index (χ1) is 17.7. The van der Waals surface area contributed by atoms with E-state index in [1.54, 1.807) is 38.4 Å². The number of esters is 1. The Morgan fingerprint density at radius 1 is 1.19 bits per heavy atom. The Kier molecular flexibility index (Phi) is 6.38. The topological polar surface area (TPSA) is 154 Å². The number of carbonyl (C=O) groups excluding carboxylic acids is 2. The normalized spacial score (nSPS) is 23.4. The molecule has 0 radical (unpaired) electrons. The van der Waals surface area contributed by atoms with Crippen LogP contribution >= 0.6 is 0 Å². The van der Waals surface area contributed by atoms with Crippen molar-refractivity contribution in [2.24, 2.45) is 17.1 Å². The van der Waals surface area contributed by atoms with Crippen molar-refractivity contribution in [3.8, 4) is 22.6 Å². The van der Waals surface area contributed by atoms with Crippen molar-refractivity contribution in [3.63, 3.8) is 0 Å². The Morgan fingerprint density at radius 3 is 2.51 bits per heavy atom. The van der Waals surface area contributed by atoms with Crippen LogP contribution in [0.5, 0.6) is 0 Å². The van der Waals surface area contributed by atoms with Crippen molar-refractivity contribution in [3.05, 3.63) is 48.2 Å². The number of H-pyrrole nitrogens is 1. The number of aromatic nitrogens is 4. The van der Waals surface area contributed by atoms with Crippen LogP contribution in [0.3, 0.4) is 0 Å². The van der Waals surface area contributed by atoms with Gasteiger partial charge in [-0.05, 0) is 56.0 Å². The summed E-state index contributed by atoms with van der Waals surface area (Å²) in [4.78, 5) is 41.7. The lowest BCUT2D eigenvalue weighted by Crippen LogP contribution is -2.56. The molecule has 0 bridgehead atoms. The van der Waals surface area contributed by atoms with Crippen molar-refractivity contribution in [2.45, 2.75) is 25.6 Å². The highest BCUT2D eigenvalue weighted by Gasteiger charge is 2.54. The molecule has 1 saturated carbocycles. The molecule has 37 heavy (non-hydrogen) atoms. The number of benzene rings is 1. The SMILES string of the molecule is CNc1nccc(-c2[nH]c(C3(C(N)=O)OCC(C)(C(=O)OCC4CC4)CO3)nc2-c2ccc(F)cc2)n1. The van der Waals surface area contributed by atoms with Crippen molar-refractivity contribution in [1.29, 1.82) is 0 Å². The van der Waals surface area contributed by atoms with E-state index in [-0.39, 0.29) is 19.0 Å². The first kappa shape index (κ1) is 24.8. The lowest BCUT2D eigenvalue weighted by atomic mass is 9.91. The summed E-state index contributed by atoms with van der Waals surface area (Å²) in [5.74, 6) is -3.21. The number of primary amides is 1. The fourth-order valence-corrected chi connectivity index (χ4v) is 3.92. The highest BCUT2D eigenvalue weighted by Crippen LogP contribution is 2.40. The fraction of sp³-hybridized carbons (Fsp3) is 0.400. The van der Waals surface area contributed by atoms with E-state index in [1.165, 1.54) is 12.1 Å². The standard InChI is InChI=1S/C25H27FN6O5/c1-24(22(34)35-11-14-3-4-14)12-36-25(20(27)33,37-13-24)21-31-18(15-5-7-16(26)8-6-15)19(32-21)17-9-10-29-23(28-2)30-17/h5-10,14H,3-4,11-13H2,1-2H3,(H2,27,33)(H,31,32)(H,28,29,30). The zero-order valence-corrected chi connectivity index (χ0v) is 20.4. The number of nitrogens with one attached hydrogen (secondary N) is 2. The van der Waals surface area contributed by atoms with Gasteiger partial charge in [0.15, 0.2) is 5.82 Å². The molecule has 3 aromatic rings. The van der Waals surface area contributed by atoms with Crippen LogP contribution in [0.4, 0.5) is 10.3 Å². The summed E-state index contributed by atoms with van der Waals surface area (Å²) in [6.07, 6.45) is 3.64.